The van der Waals surface area contributed by atoms with Crippen LogP contribution in [0, 0.1) is 6.92 Å². The molecule has 2 aromatic heterocycles. The molecule has 0 atom stereocenters. The molecule has 1 amide bonds. The minimum absolute atomic E-state index is 0.0179. The monoisotopic (exact) mass is 473 g/mol. The van der Waals surface area contributed by atoms with E-state index in [1.807, 2.05) is 52.0 Å². The fourth-order valence-electron chi connectivity index (χ4n) is 4.60. The van der Waals surface area contributed by atoms with Gasteiger partial charge >= 0.3 is 0 Å². The minimum atomic E-state index is 0.0179. The summed E-state index contributed by atoms with van der Waals surface area (Å²) in [5.41, 5.74) is 5.36. The molecule has 2 aromatic carbocycles. The second kappa shape index (κ2) is 9.11. The Hall–Kier alpha value is -3.38. The van der Waals surface area contributed by atoms with E-state index < -0.39 is 0 Å². The summed E-state index contributed by atoms with van der Waals surface area (Å²) < 4.78 is 1.89. The molecule has 5 rings (SSSR count). The van der Waals surface area contributed by atoms with Crippen molar-refractivity contribution in [1.82, 2.24) is 19.7 Å². The highest BCUT2D eigenvalue weighted by Crippen LogP contribution is 2.30. The summed E-state index contributed by atoms with van der Waals surface area (Å²) in [6, 6.07) is 18.1. The SMILES string of the molecule is Cc1ccccc1-c1cc(C(=O)N2CCN(c3ccccc3Cl)CC2)c2cnn(C(C)C)c2n1. The lowest BCUT2D eigenvalue weighted by atomic mass is 10.0. The number of aryl methyl sites for hydroxylation is 1. The number of hydrogen-bond donors (Lipinski definition) is 0. The Bertz CT molecular complexity index is 1350. The van der Waals surface area contributed by atoms with Crippen LogP contribution in [0.25, 0.3) is 22.3 Å². The number of benzene rings is 2. The zero-order valence-electron chi connectivity index (χ0n) is 19.7. The molecule has 1 fully saturated rings. The largest absolute Gasteiger partial charge is 0.367 e. The number of amides is 1. The molecule has 0 radical (unpaired) electrons. The maximum atomic E-state index is 13.8. The first kappa shape index (κ1) is 22.4. The predicted octanol–water partition coefficient (Wildman–Crippen LogP) is 5.60. The van der Waals surface area contributed by atoms with Crippen LogP contribution in [0.15, 0.2) is 60.8 Å². The number of fused-ring (bicyclic) bond motifs is 1. The summed E-state index contributed by atoms with van der Waals surface area (Å²) in [5, 5.41) is 6.10. The lowest BCUT2D eigenvalue weighted by molar-refractivity contribution is 0.0748. The van der Waals surface area contributed by atoms with Gasteiger partial charge in [0.25, 0.3) is 5.91 Å². The number of halogens is 1. The molecule has 174 valence electrons. The standard InChI is InChI=1S/C27H28ClN5O/c1-18(2)33-26-22(17-29-33)21(16-24(30-26)20-9-5-4-8-19(20)3)27(34)32-14-12-31(13-15-32)25-11-7-6-10-23(25)28/h4-11,16-18H,12-15H2,1-3H3. The van der Waals surface area contributed by atoms with E-state index in [2.05, 4.69) is 42.9 Å². The Morgan fingerprint density at radius 3 is 2.41 bits per heavy atom. The minimum Gasteiger partial charge on any atom is -0.367 e. The first-order chi connectivity index (χ1) is 16.4. The summed E-state index contributed by atoms with van der Waals surface area (Å²) in [6.07, 6.45) is 1.77. The molecular weight excluding hydrogens is 446 g/mol. The summed E-state index contributed by atoms with van der Waals surface area (Å²) in [6.45, 7) is 8.95. The third-order valence-electron chi connectivity index (χ3n) is 6.47. The van der Waals surface area contributed by atoms with Crippen molar-refractivity contribution in [3.63, 3.8) is 0 Å². The van der Waals surface area contributed by atoms with Crippen LogP contribution < -0.4 is 4.90 Å². The number of pyridine rings is 1. The van der Waals surface area contributed by atoms with Gasteiger partial charge in [0.05, 0.1) is 33.6 Å². The second-order valence-electron chi connectivity index (χ2n) is 9.02. The highest BCUT2D eigenvalue weighted by molar-refractivity contribution is 6.33. The molecule has 0 spiro atoms. The van der Waals surface area contributed by atoms with Gasteiger partial charge < -0.3 is 9.80 Å². The molecule has 3 heterocycles. The highest BCUT2D eigenvalue weighted by atomic mass is 35.5. The van der Waals surface area contributed by atoms with Gasteiger partial charge in [-0.2, -0.15) is 5.10 Å². The van der Waals surface area contributed by atoms with E-state index >= 15 is 0 Å². The van der Waals surface area contributed by atoms with Crippen molar-refractivity contribution in [1.29, 1.82) is 0 Å². The number of hydrogen-bond acceptors (Lipinski definition) is 4. The Balaban J connectivity index is 1.50. The first-order valence-corrected chi connectivity index (χ1v) is 12.0. The van der Waals surface area contributed by atoms with E-state index in [1.54, 1.807) is 6.20 Å². The van der Waals surface area contributed by atoms with Crippen molar-refractivity contribution in [3.05, 3.63) is 76.9 Å². The number of nitrogens with zero attached hydrogens (tertiary/aromatic N) is 5. The fourth-order valence-corrected chi connectivity index (χ4v) is 4.86. The normalized spacial score (nSPS) is 14.3. The summed E-state index contributed by atoms with van der Waals surface area (Å²) >= 11 is 6.40. The molecule has 0 aliphatic carbocycles. The number of piperazine rings is 1. The molecule has 1 aliphatic rings. The van der Waals surface area contributed by atoms with Gasteiger partial charge in [0.1, 0.15) is 0 Å². The van der Waals surface area contributed by atoms with E-state index in [-0.39, 0.29) is 11.9 Å². The van der Waals surface area contributed by atoms with Gasteiger partial charge in [-0.3, -0.25) is 4.79 Å². The van der Waals surface area contributed by atoms with Crippen LogP contribution in [-0.4, -0.2) is 51.8 Å². The first-order valence-electron chi connectivity index (χ1n) is 11.7. The van der Waals surface area contributed by atoms with Crippen LogP contribution in [-0.2, 0) is 0 Å². The van der Waals surface area contributed by atoms with Crippen molar-refractivity contribution in [2.45, 2.75) is 26.8 Å². The Kier molecular flexibility index (Phi) is 6.00. The molecule has 0 N–H and O–H groups in total. The van der Waals surface area contributed by atoms with E-state index in [1.165, 1.54) is 0 Å². The molecule has 4 aromatic rings. The molecule has 1 aliphatic heterocycles. The highest BCUT2D eigenvalue weighted by Gasteiger charge is 2.26. The third kappa shape index (κ3) is 4.03. The van der Waals surface area contributed by atoms with Crippen LogP contribution in [0.2, 0.25) is 5.02 Å². The number of aromatic nitrogens is 3. The second-order valence-corrected chi connectivity index (χ2v) is 9.43. The van der Waals surface area contributed by atoms with Crippen molar-refractivity contribution in [2.24, 2.45) is 0 Å². The number of para-hydroxylation sites is 1. The van der Waals surface area contributed by atoms with Crippen LogP contribution in [0.4, 0.5) is 5.69 Å². The molecule has 0 unspecified atom stereocenters. The topological polar surface area (TPSA) is 54.3 Å². The maximum absolute atomic E-state index is 13.8. The van der Waals surface area contributed by atoms with Gasteiger partial charge in [-0.15, -0.1) is 0 Å². The van der Waals surface area contributed by atoms with Gasteiger partial charge in [-0.25, -0.2) is 9.67 Å². The molecule has 1 saturated heterocycles. The lowest BCUT2D eigenvalue weighted by Crippen LogP contribution is -2.49. The fraction of sp³-hybridized carbons (Fsp3) is 0.296. The van der Waals surface area contributed by atoms with Crippen molar-refractivity contribution in [2.75, 3.05) is 31.1 Å². The maximum Gasteiger partial charge on any atom is 0.254 e. The molecular formula is C27H28ClN5O. The zero-order chi connectivity index (χ0) is 23.8. The summed E-state index contributed by atoms with van der Waals surface area (Å²) in [5.74, 6) is 0.0179. The average Bonchev–Trinajstić information content (AvgIpc) is 3.28. The van der Waals surface area contributed by atoms with Gasteiger partial charge in [0, 0.05) is 37.8 Å². The Labute approximate surface area is 204 Å². The van der Waals surface area contributed by atoms with Gasteiger partial charge in [0.15, 0.2) is 5.65 Å². The van der Waals surface area contributed by atoms with Crippen molar-refractivity contribution < 1.29 is 4.79 Å². The summed E-state index contributed by atoms with van der Waals surface area (Å²) in [4.78, 5) is 22.9. The number of anilines is 1. The zero-order valence-corrected chi connectivity index (χ0v) is 20.5. The Morgan fingerprint density at radius 2 is 1.71 bits per heavy atom. The Morgan fingerprint density at radius 1 is 1.00 bits per heavy atom. The molecule has 0 saturated carbocycles. The van der Waals surface area contributed by atoms with E-state index in [9.17, 15) is 4.79 Å². The molecule has 34 heavy (non-hydrogen) atoms. The van der Waals surface area contributed by atoms with Crippen LogP contribution in [0.5, 0.6) is 0 Å². The van der Waals surface area contributed by atoms with E-state index in [4.69, 9.17) is 16.6 Å². The third-order valence-corrected chi connectivity index (χ3v) is 6.79. The van der Waals surface area contributed by atoms with Crippen LogP contribution >= 0.6 is 11.6 Å². The smallest absolute Gasteiger partial charge is 0.254 e. The summed E-state index contributed by atoms with van der Waals surface area (Å²) in [7, 11) is 0. The lowest BCUT2D eigenvalue weighted by Gasteiger charge is -2.36. The van der Waals surface area contributed by atoms with Gasteiger partial charge in [-0.05, 0) is 44.5 Å². The van der Waals surface area contributed by atoms with E-state index in [0.29, 0.717) is 18.7 Å². The quantitative estimate of drug-likeness (QED) is 0.387. The molecule has 6 nitrogen and oxygen atoms in total. The van der Waals surface area contributed by atoms with Crippen molar-refractivity contribution >= 4 is 34.2 Å². The van der Waals surface area contributed by atoms with E-state index in [0.717, 1.165) is 51.7 Å². The van der Waals surface area contributed by atoms with Gasteiger partial charge in [0.2, 0.25) is 0 Å². The number of carbonyl (C=O) groups is 1. The predicted molar refractivity (Wildman–Crippen MR) is 138 cm³/mol. The molecule has 0 bridgehead atoms. The number of rotatable bonds is 4. The van der Waals surface area contributed by atoms with Gasteiger partial charge in [-0.1, -0.05) is 48.0 Å². The molecule has 7 heteroatoms. The van der Waals surface area contributed by atoms with Crippen LogP contribution in [0.1, 0.15) is 35.8 Å². The van der Waals surface area contributed by atoms with Crippen LogP contribution in [0.3, 0.4) is 0 Å². The number of carbonyl (C=O) groups excluding carboxylic acids is 1. The van der Waals surface area contributed by atoms with Crippen molar-refractivity contribution in [3.8, 4) is 11.3 Å². The average molecular weight is 474 g/mol.